The predicted octanol–water partition coefficient (Wildman–Crippen LogP) is 1.59. The summed E-state index contributed by atoms with van der Waals surface area (Å²) in [7, 11) is 0. The molecule has 0 amide bonds. The van der Waals surface area contributed by atoms with Crippen LogP contribution < -0.4 is 0 Å². The smallest absolute Gasteiger partial charge is 0.302 e. The second-order valence-corrected chi connectivity index (χ2v) is 8.68. The molecule has 0 aromatic carbocycles. The number of carbonyl (C=O) groups is 2. The summed E-state index contributed by atoms with van der Waals surface area (Å²) in [4.78, 5) is 23.0. The van der Waals surface area contributed by atoms with E-state index in [0.29, 0.717) is 24.8 Å². The third kappa shape index (κ3) is 2.45. The molecule has 0 aliphatic heterocycles. The zero-order valence-corrected chi connectivity index (χ0v) is 15.4. The Bertz CT molecular complexity index is 629. The van der Waals surface area contributed by atoms with Gasteiger partial charge in [-0.2, -0.15) is 0 Å². The summed E-state index contributed by atoms with van der Waals surface area (Å²) in [6.45, 7) is 10.8. The third-order valence-corrected chi connectivity index (χ3v) is 6.83. The van der Waals surface area contributed by atoms with E-state index >= 15 is 0 Å². The first-order valence-corrected chi connectivity index (χ1v) is 8.85. The van der Waals surface area contributed by atoms with Crippen molar-refractivity contribution in [2.24, 2.45) is 22.7 Å². The van der Waals surface area contributed by atoms with Gasteiger partial charge in [0.2, 0.25) is 0 Å². The van der Waals surface area contributed by atoms with Crippen molar-refractivity contribution in [3.05, 3.63) is 12.2 Å². The van der Waals surface area contributed by atoms with Crippen LogP contribution in [0, 0.1) is 22.7 Å². The van der Waals surface area contributed by atoms with Crippen LogP contribution in [0.25, 0.3) is 0 Å². The Morgan fingerprint density at radius 1 is 1.24 bits per heavy atom. The largest absolute Gasteiger partial charge is 0.465 e. The van der Waals surface area contributed by atoms with Crippen molar-refractivity contribution in [1.82, 2.24) is 0 Å². The molecule has 0 bridgehead atoms. The minimum atomic E-state index is -1.24. The summed E-state index contributed by atoms with van der Waals surface area (Å²) in [6.07, 6.45) is 0.496. The molecule has 7 atom stereocenters. The lowest BCUT2D eigenvalue weighted by Crippen LogP contribution is -2.49. The Hall–Kier alpha value is -1.40. The van der Waals surface area contributed by atoms with Crippen LogP contribution in [-0.2, 0) is 19.1 Å². The van der Waals surface area contributed by atoms with Crippen LogP contribution >= 0.6 is 0 Å². The van der Waals surface area contributed by atoms with Crippen molar-refractivity contribution in [3.63, 3.8) is 0 Å². The molecule has 0 radical (unpaired) electrons. The predicted molar refractivity (Wildman–Crippen MR) is 89.3 cm³/mol. The van der Waals surface area contributed by atoms with Gasteiger partial charge in [-0.3, -0.25) is 9.59 Å². The number of hydrogen-bond donors (Lipinski definition) is 2. The normalized spacial score (nSPS) is 48.2. The molecule has 3 fully saturated rings. The number of fused-ring (bicyclic) bond motifs is 3. The summed E-state index contributed by atoms with van der Waals surface area (Å²) >= 11 is 0. The maximum Gasteiger partial charge on any atom is 0.302 e. The van der Waals surface area contributed by atoms with Gasteiger partial charge in [0.05, 0.1) is 18.3 Å². The maximum atomic E-state index is 11.6. The van der Waals surface area contributed by atoms with E-state index in [-0.39, 0.29) is 36.5 Å². The first-order chi connectivity index (χ1) is 11.4. The minimum absolute atomic E-state index is 0.138. The summed E-state index contributed by atoms with van der Waals surface area (Å²) < 4.78 is 10.9. The molecule has 140 valence electrons. The standard InChI is InChI=1S/C19H28O6/c1-10-14(22)6-13-7-18(5)15(25-12(3)21)8-17(4,9-24-11(2)20)16(18)19(10,13)23/h13-16,22-23H,1,6-9H2,2-5H3/t13-,14+,15+,16+,17+,18-,19-/m1/s1. The summed E-state index contributed by atoms with van der Waals surface area (Å²) in [6, 6.07) is 0. The number of aliphatic hydroxyl groups is 2. The first-order valence-electron chi connectivity index (χ1n) is 8.85. The van der Waals surface area contributed by atoms with Gasteiger partial charge in [-0.1, -0.05) is 20.4 Å². The Labute approximate surface area is 148 Å². The van der Waals surface area contributed by atoms with Crippen molar-refractivity contribution < 1.29 is 29.3 Å². The van der Waals surface area contributed by atoms with Gasteiger partial charge in [-0.15, -0.1) is 0 Å². The van der Waals surface area contributed by atoms with Crippen molar-refractivity contribution in [2.45, 2.75) is 64.8 Å². The Morgan fingerprint density at radius 2 is 1.88 bits per heavy atom. The molecule has 3 aliphatic carbocycles. The first kappa shape index (κ1) is 18.4. The third-order valence-electron chi connectivity index (χ3n) is 6.83. The molecule has 3 saturated carbocycles. The number of rotatable bonds is 3. The average Bonchev–Trinajstić information content (AvgIpc) is 2.93. The molecule has 0 heterocycles. The minimum Gasteiger partial charge on any atom is -0.465 e. The van der Waals surface area contributed by atoms with Gasteiger partial charge in [0.1, 0.15) is 6.10 Å². The zero-order chi connectivity index (χ0) is 18.8. The van der Waals surface area contributed by atoms with E-state index in [1.807, 2.05) is 13.8 Å². The second kappa shape index (κ2) is 5.55. The van der Waals surface area contributed by atoms with Gasteiger partial charge >= 0.3 is 11.9 Å². The van der Waals surface area contributed by atoms with E-state index in [9.17, 15) is 19.8 Å². The highest BCUT2D eigenvalue weighted by Crippen LogP contribution is 2.72. The second-order valence-electron chi connectivity index (χ2n) is 8.68. The number of ether oxygens (including phenoxy) is 2. The molecular weight excluding hydrogens is 324 g/mol. The Morgan fingerprint density at radius 3 is 2.44 bits per heavy atom. The van der Waals surface area contributed by atoms with Gasteiger partial charge in [0, 0.05) is 30.6 Å². The SMILES string of the molecule is C=C1[C@@H](O)C[C@@H]2C[C@]3(C)[C@@H](OC(C)=O)C[C@@](C)(COC(C)=O)[C@@H]3[C@@]12O. The van der Waals surface area contributed by atoms with Gasteiger partial charge in [-0.05, 0) is 30.8 Å². The molecule has 0 spiro atoms. The van der Waals surface area contributed by atoms with Gasteiger partial charge in [-0.25, -0.2) is 0 Å². The van der Waals surface area contributed by atoms with Gasteiger partial charge in [0.25, 0.3) is 0 Å². The van der Waals surface area contributed by atoms with Crippen LogP contribution in [0.4, 0.5) is 0 Å². The van der Waals surface area contributed by atoms with Crippen molar-refractivity contribution >= 4 is 11.9 Å². The summed E-state index contributed by atoms with van der Waals surface area (Å²) in [5, 5.41) is 21.9. The molecule has 0 aromatic heterocycles. The van der Waals surface area contributed by atoms with Crippen molar-refractivity contribution in [3.8, 4) is 0 Å². The number of carbonyl (C=O) groups excluding carboxylic acids is 2. The topological polar surface area (TPSA) is 93.1 Å². The van der Waals surface area contributed by atoms with E-state index in [0.717, 1.165) is 0 Å². The lowest BCUT2D eigenvalue weighted by atomic mass is 9.65. The van der Waals surface area contributed by atoms with Crippen LogP contribution in [0.2, 0.25) is 0 Å². The van der Waals surface area contributed by atoms with Crippen molar-refractivity contribution in [2.75, 3.05) is 6.61 Å². The molecule has 0 saturated heterocycles. The van der Waals surface area contributed by atoms with Crippen LogP contribution in [0.1, 0.15) is 47.0 Å². The molecule has 0 aromatic rings. The highest BCUT2D eigenvalue weighted by Gasteiger charge is 2.75. The van der Waals surface area contributed by atoms with E-state index in [2.05, 4.69) is 6.58 Å². The Kier molecular flexibility index (Phi) is 4.08. The number of esters is 2. The van der Waals surface area contributed by atoms with E-state index in [4.69, 9.17) is 9.47 Å². The molecule has 3 aliphatic rings. The molecular formula is C19H28O6. The fraction of sp³-hybridized carbons (Fsp3) is 0.789. The summed E-state index contributed by atoms with van der Waals surface area (Å²) in [5.41, 5.74) is -1.83. The van der Waals surface area contributed by atoms with Crippen LogP contribution in [0.5, 0.6) is 0 Å². The molecule has 0 unspecified atom stereocenters. The zero-order valence-electron chi connectivity index (χ0n) is 15.4. The summed E-state index contributed by atoms with van der Waals surface area (Å²) in [5.74, 6) is -1.19. The van der Waals surface area contributed by atoms with Gasteiger partial charge < -0.3 is 19.7 Å². The van der Waals surface area contributed by atoms with Crippen molar-refractivity contribution in [1.29, 1.82) is 0 Å². The molecule has 25 heavy (non-hydrogen) atoms. The molecule has 6 heteroatoms. The molecule has 2 N–H and O–H groups in total. The van der Waals surface area contributed by atoms with E-state index in [1.54, 1.807) is 0 Å². The number of hydrogen-bond acceptors (Lipinski definition) is 6. The lowest BCUT2D eigenvalue weighted by Gasteiger charge is -2.43. The highest BCUT2D eigenvalue weighted by molar-refractivity contribution is 5.66. The van der Waals surface area contributed by atoms with E-state index < -0.39 is 22.5 Å². The molecule has 3 rings (SSSR count). The Balaban J connectivity index is 2.04. The van der Waals surface area contributed by atoms with Crippen LogP contribution in [0.3, 0.4) is 0 Å². The fourth-order valence-electron chi connectivity index (χ4n) is 6.14. The molecule has 6 nitrogen and oxygen atoms in total. The van der Waals surface area contributed by atoms with Crippen LogP contribution in [-0.4, -0.2) is 46.6 Å². The maximum absolute atomic E-state index is 11.6. The fourth-order valence-corrected chi connectivity index (χ4v) is 6.14. The quantitative estimate of drug-likeness (QED) is 0.592. The van der Waals surface area contributed by atoms with Gasteiger partial charge in [0.15, 0.2) is 0 Å². The number of aliphatic hydroxyl groups excluding tert-OH is 1. The van der Waals surface area contributed by atoms with Crippen LogP contribution in [0.15, 0.2) is 12.2 Å². The van der Waals surface area contributed by atoms with E-state index in [1.165, 1.54) is 13.8 Å². The highest BCUT2D eigenvalue weighted by atomic mass is 16.5. The lowest BCUT2D eigenvalue weighted by molar-refractivity contribution is -0.152. The monoisotopic (exact) mass is 352 g/mol. The average molecular weight is 352 g/mol.